The maximum absolute atomic E-state index is 11.4. The van der Waals surface area contributed by atoms with Crippen LogP contribution < -0.4 is 16.0 Å². The highest BCUT2D eigenvalue weighted by Gasteiger charge is 2.05. The molecule has 0 saturated carbocycles. The average molecular weight is 375 g/mol. The number of carbonyl (C=O) groups is 2. The molecule has 0 atom stereocenters. The van der Waals surface area contributed by atoms with Crippen molar-refractivity contribution in [3.8, 4) is 0 Å². The van der Waals surface area contributed by atoms with Gasteiger partial charge in [-0.25, -0.2) is 4.98 Å². The van der Waals surface area contributed by atoms with Gasteiger partial charge in [-0.3, -0.25) is 9.59 Å². The van der Waals surface area contributed by atoms with Crippen molar-refractivity contribution in [1.29, 1.82) is 0 Å². The first-order valence-corrected chi connectivity index (χ1v) is 8.77. The minimum Gasteiger partial charge on any atom is -0.340 e. The molecule has 0 aliphatic rings. The van der Waals surface area contributed by atoms with Crippen LogP contribution in [0.15, 0.2) is 54.6 Å². The highest BCUT2D eigenvalue weighted by atomic mass is 16.1. The number of Topliss-reactive ketones (excluding diaryl/α,β-unsaturated/α-hetero) is 1. The number of anilines is 5. The van der Waals surface area contributed by atoms with Crippen LogP contribution in [-0.2, 0) is 4.79 Å². The van der Waals surface area contributed by atoms with Gasteiger partial charge in [-0.2, -0.15) is 4.98 Å². The van der Waals surface area contributed by atoms with Gasteiger partial charge in [0.25, 0.3) is 0 Å². The van der Waals surface area contributed by atoms with Crippen molar-refractivity contribution in [1.82, 2.24) is 9.97 Å². The Morgan fingerprint density at radius 2 is 1.36 bits per heavy atom. The second kappa shape index (κ2) is 8.30. The van der Waals surface area contributed by atoms with Crippen LogP contribution in [0, 0.1) is 6.92 Å². The minimum absolute atomic E-state index is 0.0282. The van der Waals surface area contributed by atoms with E-state index in [0.29, 0.717) is 17.3 Å². The summed E-state index contributed by atoms with van der Waals surface area (Å²) in [5.41, 5.74) is 3.81. The van der Waals surface area contributed by atoms with Crippen molar-refractivity contribution < 1.29 is 9.59 Å². The third-order valence-corrected chi connectivity index (χ3v) is 3.88. The van der Waals surface area contributed by atoms with Gasteiger partial charge in [0.2, 0.25) is 11.9 Å². The van der Waals surface area contributed by atoms with E-state index in [0.717, 1.165) is 22.8 Å². The number of aryl methyl sites for hydroxylation is 1. The molecular formula is C21H21N5O2. The summed E-state index contributed by atoms with van der Waals surface area (Å²) in [6.07, 6.45) is 0. The molecule has 0 radical (unpaired) electrons. The van der Waals surface area contributed by atoms with Gasteiger partial charge in [0, 0.05) is 41.3 Å². The molecule has 0 saturated heterocycles. The van der Waals surface area contributed by atoms with Crippen molar-refractivity contribution in [2.24, 2.45) is 0 Å². The Labute approximate surface area is 163 Å². The Morgan fingerprint density at radius 1 is 0.786 bits per heavy atom. The molecule has 28 heavy (non-hydrogen) atoms. The Morgan fingerprint density at radius 3 is 1.96 bits per heavy atom. The van der Waals surface area contributed by atoms with E-state index in [9.17, 15) is 9.59 Å². The van der Waals surface area contributed by atoms with E-state index in [1.165, 1.54) is 13.8 Å². The number of amides is 1. The molecule has 3 aromatic rings. The minimum atomic E-state index is -0.116. The largest absolute Gasteiger partial charge is 0.340 e. The summed E-state index contributed by atoms with van der Waals surface area (Å²) in [6, 6.07) is 16.3. The fraction of sp³-hybridized carbons (Fsp3) is 0.143. The summed E-state index contributed by atoms with van der Waals surface area (Å²) in [5.74, 6) is 1.01. The maximum atomic E-state index is 11.4. The maximum Gasteiger partial charge on any atom is 0.229 e. The van der Waals surface area contributed by atoms with Gasteiger partial charge < -0.3 is 16.0 Å². The van der Waals surface area contributed by atoms with Gasteiger partial charge >= 0.3 is 0 Å². The van der Waals surface area contributed by atoms with Crippen LogP contribution in [0.1, 0.15) is 29.9 Å². The van der Waals surface area contributed by atoms with E-state index in [1.54, 1.807) is 24.3 Å². The zero-order valence-corrected chi connectivity index (χ0v) is 15.9. The zero-order chi connectivity index (χ0) is 20.1. The van der Waals surface area contributed by atoms with Crippen molar-refractivity contribution in [2.45, 2.75) is 20.8 Å². The highest BCUT2D eigenvalue weighted by Crippen LogP contribution is 2.21. The Balaban J connectivity index is 1.73. The number of nitrogens with one attached hydrogen (secondary N) is 3. The molecule has 0 bridgehead atoms. The quantitative estimate of drug-likeness (QED) is 0.552. The lowest BCUT2D eigenvalue weighted by Gasteiger charge is -2.11. The molecular weight excluding hydrogens is 354 g/mol. The molecule has 3 rings (SSSR count). The number of nitrogens with zero attached hydrogens (tertiary/aromatic N) is 2. The van der Waals surface area contributed by atoms with Crippen LogP contribution in [0.2, 0.25) is 0 Å². The number of carbonyl (C=O) groups excluding carboxylic acids is 2. The highest BCUT2D eigenvalue weighted by molar-refractivity contribution is 5.94. The number of ketones is 1. The van der Waals surface area contributed by atoms with Crippen LogP contribution in [-0.4, -0.2) is 21.7 Å². The fourth-order valence-electron chi connectivity index (χ4n) is 2.59. The summed E-state index contributed by atoms with van der Waals surface area (Å²) in [5, 5.41) is 9.10. The molecule has 142 valence electrons. The van der Waals surface area contributed by atoms with Crippen LogP contribution in [0.3, 0.4) is 0 Å². The van der Waals surface area contributed by atoms with E-state index in [-0.39, 0.29) is 11.7 Å². The van der Waals surface area contributed by atoms with Crippen molar-refractivity contribution >= 4 is 40.5 Å². The second-order valence-electron chi connectivity index (χ2n) is 6.36. The second-order valence-corrected chi connectivity index (χ2v) is 6.36. The molecule has 0 unspecified atom stereocenters. The first-order valence-electron chi connectivity index (χ1n) is 8.77. The van der Waals surface area contributed by atoms with E-state index in [4.69, 9.17) is 0 Å². The van der Waals surface area contributed by atoms with E-state index in [1.807, 2.05) is 37.3 Å². The van der Waals surface area contributed by atoms with Crippen molar-refractivity contribution in [3.63, 3.8) is 0 Å². The van der Waals surface area contributed by atoms with Gasteiger partial charge in [-0.05, 0) is 62.4 Å². The lowest BCUT2D eigenvalue weighted by molar-refractivity contribution is -0.114. The summed E-state index contributed by atoms with van der Waals surface area (Å²) >= 11 is 0. The molecule has 7 heteroatoms. The molecule has 3 N–H and O–H groups in total. The molecule has 1 amide bonds. The molecule has 7 nitrogen and oxygen atoms in total. The third kappa shape index (κ3) is 5.14. The lowest BCUT2D eigenvalue weighted by atomic mass is 10.1. The van der Waals surface area contributed by atoms with Gasteiger partial charge in [-0.15, -0.1) is 0 Å². The number of hydrogen-bond acceptors (Lipinski definition) is 6. The zero-order valence-electron chi connectivity index (χ0n) is 15.9. The average Bonchev–Trinajstić information content (AvgIpc) is 2.63. The number of aromatic nitrogens is 2. The number of hydrogen-bond donors (Lipinski definition) is 3. The van der Waals surface area contributed by atoms with E-state index < -0.39 is 0 Å². The summed E-state index contributed by atoms with van der Waals surface area (Å²) in [7, 11) is 0. The van der Waals surface area contributed by atoms with Crippen molar-refractivity contribution in [2.75, 3.05) is 16.0 Å². The van der Waals surface area contributed by atoms with E-state index >= 15 is 0 Å². The fourth-order valence-corrected chi connectivity index (χ4v) is 2.59. The predicted octanol–water partition coefficient (Wildman–Crippen LogP) is 4.43. The molecule has 0 spiro atoms. The topological polar surface area (TPSA) is 96.0 Å². The van der Waals surface area contributed by atoms with E-state index in [2.05, 4.69) is 25.9 Å². The normalized spacial score (nSPS) is 10.2. The van der Waals surface area contributed by atoms with Gasteiger partial charge in [0.1, 0.15) is 5.82 Å². The Bertz CT molecular complexity index is 998. The standard InChI is InChI=1S/C21H21N5O2/c1-13-12-20(24-18-6-4-16(5-7-18)14(2)27)26-21(22-13)25-19-10-8-17(9-11-19)23-15(3)28/h4-12H,1-3H3,(H,23,28)(H2,22,24,25,26). The predicted molar refractivity (Wildman–Crippen MR) is 111 cm³/mol. The van der Waals surface area contributed by atoms with Gasteiger partial charge in [0.15, 0.2) is 5.78 Å². The Hall–Kier alpha value is -3.74. The number of rotatable bonds is 6. The smallest absolute Gasteiger partial charge is 0.229 e. The lowest BCUT2D eigenvalue weighted by Crippen LogP contribution is -2.06. The number of benzene rings is 2. The van der Waals surface area contributed by atoms with Gasteiger partial charge in [0.05, 0.1) is 0 Å². The first kappa shape index (κ1) is 19.0. The van der Waals surface area contributed by atoms with Crippen molar-refractivity contribution in [3.05, 3.63) is 65.9 Å². The molecule has 2 aromatic carbocycles. The summed E-state index contributed by atoms with van der Waals surface area (Å²) in [4.78, 5) is 31.4. The van der Waals surface area contributed by atoms with Crippen LogP contribution >= 0.6 is 0 Å². The van der Waals surface area contributed by atoms with Crippen LogP contribution in [0.5, 0.6) is 0 Å². The molecule has 1 aromatic heterocycles. The molecule has 0 fully saturated rings. The molecule has 0 aliphatic heterocycles. The SMILES string of the molecule is CC(=O)Nc1ccc(Nc2nc(C)cc(Nc3ccc(C(C)=O)cc3)n2)cc1. The summed E-state index contributed by atoms with van der Waals surface area (Å²) in [6.45, 7) is 4.89. The van der Waals surface area contributed by atoms with Crippen LogP contribution in [0.25, 0.3) is 0 Å². The third-order valence-electron chi connectivity index (χ3n) is 3.88. The molecule has 1 heterocycles. The van der Waals surface area contributed by atoms with Crippen LogP contribution in [0.4, 0.5) is 28.8 Å². The molecule has 0 aliphatic carbocycles. The monoisotopic (exact) mass is 375 g/mol. The first-order chi connectivity index (χ1) is 13.4. The Kier molecular flexibility index (Phi) is 5.64. The van der Waals surface area contributed by atoms with Gasteiger partial charge in [-0.1, -0.05) is 0 Å². The summed E-state index contributed by atoms with van der Waals surface area (Å²) < 4.78 is 0.